The van der Waals surface area contributed by atoms with Gasteiger partial charge in [0.2, 0.25) is 0 Å². The van der Waals surface area contributed by atoms with Crippen LogP contribution >= 0.6 is 11.6 Å². The second-order valence-corrected chi connectivity index (χ2v) is 10.2. The summed E-state index contributed by atoms with van der Waals surface area (Å²) in [7, 11) is 0. The summed E-state index contributed by atoms with van der Waals surface area (Å²) >= 11 is 6.22. The first kappa shape index (κ1) is 24.9. The fourth-order valence-electron chi connectivity index (χ4n) is 5.53. The maximum Gasteiger partial charge on any atom is 0.255 e. The molecule has 1 aliphatic carbocycles. The predicted molar refractivity (Wildman–Crippen MR) is 151 cm³/mol. The molecule has 0 fully saturated rings. The van der Waals surface area contributed by atoms with Gasteiger partial charge in [-0.1, -0.05) is 66.2 Å². The lowest BCUT2D eigenvalue weighted by Gasteiger charge is -2.38. The van der Waals surface area contributed by atoms with Crippen LogP contribution in [0.5, 0.6) is 0 Å². The Morgan fingerprint density at radius 2 is 1.82 bits per heavy atom. The molecule has 2 aliphatic rings. The number of allylic oxidation sites excluding steroid dienone is 3. The average molecular weight is 536 g/mol. The van der Waals surface area contributed by atoms with Crippen molar-refractivity contribution in [3.63, 3.8) is 0 Å². The highest BCUT2D eigenvalue weighted by atomic mass is 35.5. The number of Topliss-reactive ketones (excluding diaryl/α,β-unsaturated/α-hetero) is 1. The first-order valence-corrected chi connectivity index (χ1v) is 13.2. The zero-order chi connectivity index (χ0) is 26.9. The first-order valence-electron chi connectivity index (χ1n) is 12.8. The van der Waals surface area contributed by atoms with Crippen LogP contribution in [0.3, 0.4) is 0 Å². The molecule has 1 aliphatic heterocycles. The van der Waals surface area contributed by atoms with Gasteiger partial charge in [-0.2, -0.15) is 0 Å². The predicted octanol–water partition coefficient (Wildman–Crippen LogP) is 6.85. The van der Waals surface area contributed by atoms with Crippen LogP contribution in [0.2, 0.25) is 5.02 Å². The van der Waals surface area contributed by atoms with E-state index in [1.807, 2.05) is 67.6 Å². The lowest BCUT2D eigenvalue weighted by Crippen LogP contribution is -2.42. The molecule has 3 unspecified atom stereocenters. The Kier molecular flexibility index (Phi) is 6.63. The molecule has 6 rings (SSSR count). The van der Waals surface area contributed by atoms with Gasteiger partial charge in [-0.05, 0) is 48.9 Å². The topological polar surface area (TPSA) is 84.2 Å². The van der Waals surface area contributed by atoms with Crippen LogP contribution in [-0.4, -0.2) is 16.7 Å². The second kappa shape index (κ2) is 10.4. The molecule has 0 radical (unpaired) electrons. The summed E-state index contributed by atoms with van der Waals surface area (Å²) in [6.07, 6.45) is 4.07. The Balaban J connectivity index is 1.44. The van der Waals surface area contributed by atoms with Crippen LogP contribution in [0.1, 0.15) is 36.5 Å². The summed E-state index contributed by atoms with van der Waals surface area (Å²) in [4.78, 5) is 31.8. The second-order valence-electron chi connectivity index (χ2n) is 9.81. The van der Waals surface area contributed by atoms with Crippen molar-refractivity contribution >= 4 is 29.1 Å². The highest BCUT2D eigenvalue weighted by Crippen LogP contribution is 2.47. The van der Waals surface area contributed by atoms with Gasteiger partial charge in [-0.3, -0.25) is 9.59 Å². The molecule has 2 N–H and O–H groups in total. The number of pyridine rings is 1. The maximum atomic E-state index is 13.8. The van der Waals surface area contributed by atoms with Crippen LogP contribution in [0.15, 0.2) is 119 Å². The van der Waals surface area contributed by atoms with Crippen molar-refractivity contribution in [2.45, 2.75) is 25.2 Å². The SMILES string of the molecule is CC1=C(C(=O)Nc2ccccn2)C(c2ccc(-c3cccc(Cl)c3)o2)C2C(=O)CC(c3ccccc3)C=C2N1. The summed E-state index contributed by atoms with van der Waals surface area (Å²) in [5.74, 6) is 0.0597. The van der Waals surface area contributed by atoms with E-state index in [1.165, 1.54) is 0 Å². The minimum atomic E-state index is -0.613. The van der Waals surface area contributed by atoms with E-state index < -0.39 is 11.8 Å². The molecule has 3 heterocycles. The summed E-state index contributed by atoms with van der Waals surface area (Å²) in [6, 6.07) is 26.4. The molecule has 0 saturated heterocycles. The van der Waals surface area contributed by atoms with E-state index in [0.29, 0.717) is 40.1 Å². The highest BCUT2D eigenvalue weighted by Gasteiger charge is 2.46. The number of ketones is 1. The van der Waals surface area contributed by atoms with Crippen molar-refractivity contribution in [1.82, 2.24) is 10.3 Å². The van der Waals surface area contributed by atoms with E-state index in [1.54, 1.807) is 30.5 Å². The molecular formula is C32H26ClN3O3. The number of fused-ring (bicyclic) bond motifs is 1. The zero-order valence-corrected chi connectivity index (χ0v) is 22.0. The van der Waals surface area contributed by atoms with Gasteiger partial charge in [-0.15, -0.1) is 0 Å². The fourth-order valence-corrected chi connectivity index (χ4v) is 5.73. The third-order valence-electron chi connectivity index (χ3n) is 7.29. The van der Waals surface area contributed by atoms with E-state index in [2.05, 4.69) is 21.7 Å². The Morgan fingerprint density at radius 1 is 1.00 bits per heavy atom. The molecule has 1 amide bonds. The standard InChI is InChI=1S/C32H26ClN3O3/c1-19-29(32(38)36-28-12-5-6-15-34-28)31(27-14-13-26(39-27)21-10-7-11-23(33)16-21)30-24(35-19)17-22(18-25(30)37)20-8-3-2-4-9-20/h2-17,22,30-31,35H,18H2,1H3,(H,34,36,38). The normalized spacial score (nSPS) is 20.6. The number of carbonyl (C=O) groups excluding carboxylic acids is 2. The van der Waals surface area contributed by atoms with E-state index in [4.69, 9.17) is 16.0 Å². The molecular weight excluding hydrogens is 510 g/mol. The quantitative estimate of drug-likeness (QED) is 0.292. The number of benzene rings is 2. The van der Waals surface area contributed by atoms with Gasteiger partial charge in [0.15, 0.2) is 0 Å². The largest absolute Gasteiger partial charge is 0.460 e. The van der Waals surface area contributed by atoms with Gasteiger partial charge >= 0.3 is 0 Å². The first-order chi connectivity index (χ1) is 19.0. The van der Waals surface area contributed by atoms with E-state index in [0.717, 1.165) is 16.8 Å². The number of furan rings is 1. The van der Waals surface area contributed by atoms with Gasteiger partial charge in [0.1, 0.15) is 23.1 Å². The van der Waals surface area contributed by atoms with Crippen LogP contribution in [-0.2, 0) is 9.59 Å². The molecule has 2 aromatic heterocycles. The number of nitrogens with zero attached hydrogens (tertiary/aromatic N) is 1. The van der Waals surface area contributed by atoms with Crippen LogP contribution < -0.4 is 10.6 Å². The minimum Gasteiger partial charge on any atom is -0.460 e. The molecule has 6 nitrogen and oxygen atoms in total. The average Bonchev–Trinajstić information content (AvgIpc) is 3.43. The van der Waals surface area contributed by atoms with Crippen molar-refractivity contribution in [2.75, 3.05) is 5.32 Å². The number of rotatable bonds is 5. The third-order valence-corrected chi connectivity index (χ3v) is 7.52. The van der Waals surface area contributed by atoms with Gasteiger partial charge in [0.25, 0.3) is 5.91 Å². The smallest absolute Gasteiger partial charge is 0.255 e. The lowest BCUT2D eigenvalue weighted by atomic mass is 9.70. The number of hydrogen-bond acceptors (Lipinski definition) is 5. The van der Waals surface area contributed by atoms with Crippen LogP contribution in [0, 0.1) is 5.92 Å². The van der Waals surface area contributed by atoms with Gasteiger partial charge in [0.05, 0.1) is 11.8 Å². The Bertz CT molecular complexity index is 1610. The number of nitrogens with one attached hydrogen (secondary N) is 2. The number of amides is 1. The number of anilines is 1. The van der Waals surface area contributed by atoms with Crippen molar-refractivity contribution in [1.29, 1.82) is 0 Å². The van der Waals surface area contributed by atoms with Crippen LogP contribution in [0.25, 0.3) is 11.3 Å². The number of carbonyl (C=O) groups is 2. The van der Waals surface area contributed by atoms with E-state index in [-0.39, 0.29) is 17.6 Å². The van der Waals surface area contributed by atoms with Crippen molar-refractivity contribution in [2.24, 2.45) is 5.92 Å². The highest BCUT2D eigenvalue weighted by molar-refractivity contribution is 6.30. The molecule has 3 atom stereocenters. The molecule has 4 aromatic rings. The minimum absolute atomic E-state index is 0.0478. The third kappa shape index (κ3) is 4.91. The molecule has 0 spiro atoms. The molecule has 194 valence electrons. The van der Waals surface area contributed by atoms with E-state index >= 15 is 0 Å². The number of aromatic nitrogens is 1. The Morgan fingerprint density at radius 3 is 2.59 bits per heavy atom. The number of hydrogen-bond donors (Lipinski definition) is 2. The molecule has 39 heavy (non-hydrogen) atoms. The lowest BCUT2D eigenvalue weighted by molar-refractivity contribution is -0.123. The zero-order valence-electron chi connectivity index (χ0n) is 21.2. The van der Waals surface area contributed by atoms with Crippen molar-refractivity contribution < 1.29 is 14.0 Å². The Labute approximate surface area is 231 Å². The molecule has 7 heteroatoms. The fraction of sp³-hybridized carbons (Fsp3) is 0.156. The molecule has 0 bridgehead atoms. The summed E-state index contributed by atoms with van der Waals surface area (Å²) in [6.45, 7) is 1.86. The van der Waals surface area contributed by atoms with Gasteiger partial charge in [0, 0.05) is 46.1 Å². The molecule has 0 saturated carbocycles. The maximum absolute atomic E-state index is 13.8. The Hall–Kier alpha value is -4.42. The summed E-state index contributed by atoms with van der Waals surface area (Å²) in [5.41, 5.74) is 3.80. The summed E-state index contributed by atoms with van der Waals surface area (Å²) < 4.78 is 6.36. The number of halogens is 1. The van der Waals surface area contributed by atoms with Crippen molar-refractivity contribution in [3.05, 3.63) is 131 Å². The van der Waals surface area contributed by atoms with Crippen LogP contribution in [0.4, 0.5) is 5.82 Å². The van der Waals surface area contributed by atoms with Crippen molar-refractivity contribution in [3.8, 4) is 11.3 Å². The van der Waals surface area contributed by atoms with Gasteiger partial charge in [-0.25, -0.2) is 4.98 Å². The monoisotopic (exact) mass is 535 g/mol. The summed E-state index contributed by atoms with van der Waals surface area (Å²) in [5, 5.41) is 6.88. The van der Waals surface area contributed by atoms with Gasteiger partial charge < -0.3 is 15.1 Å². The van der Waals surface area contributed by atoms with E-state index in [9.17, 15) is 9.59 Å². The molecule has 2 aromatic carbocycles.